The van der Waals surface area contributed by atoms with E-state index in [1.807, 2.05) is 28.8 Å². The molecule has 0 spiro atoms. The highest BCUT2D eigenvalue weighted by Crippen LogP contribution is 2.27. The van der Waals surface area contributed by atoms with E-state index in [2.05, 4.69) is 22.5 Å². The second-order valence-corrected chi connectivity index (χ2v) is 7.37. The van der Waals surface area contributed by atoms with Crippen molar-refractivity contribution >= 4 is 40.2 Å². The first-order chi connectivity index (χ1) is 13.1. The van der Waals surface area contributed by atoms with Crippen molar-refractivity contribution in [2.75, 3.05) is 10.6 Å². The molecule has 0 saturated heterocycles. The molecule has 0 bridgehead atoms. The number of benzene rings is 1. The van der Waals surface area contributed by atoms with Crippen LogP contribution in [-0.2, 0) is 6.54 Å². The van der Waals surface area contributed by atoms with E-state index >= 15 is 0 Å². The van der Waals surface area contributed by atoms with Gasteiger partial charge in [-0.1, -0.05) is 30.5 Å². The average Bonchev–Trinajstić information content (AvgIpc) is 3.07. The molecule has 4 rings (SSSR count). The third kappa shape index (κ3) is 3.84. The molecule has 0 aliphatic heterocycles. The standard InChI is InChI=1S/C19H24ClN7/c1-2-27-11-22-16-17(23-13-7-5-6-12(20)10-13)25-19(26-18(16)27)24-15-9-4-3-8-14(15)21/h5-7,10-11,14-15H,2-4,8-9,21H2,1H3,(H2,23,24,25,26)/t14-,15+/m1/s1. The monoisotopic (exact) mass is 385 g/mol. The Balaban J connectivity index is 1.71. The Morgan fingerprint density at radius 1 is 1.26 bits per heavy atom. The maximum Gasteiger partial charge on any atom is 0.227 e. The predicted octanol–water partition coefficient (Wildman–Crippen LogP) is 3.93. The zero-order chi connectivity index (χ0) is 18.8. The van der Waals surface area contributed by atoms with E-state index < -0.39 is 0 Å². The summed E-state index contributed by atoms with van der Waals surface area (Å²) in [6.45, 7) is 2.85. The fourth-order valence-corrected chi connectivity index (χ4v) is 3.73. The van der Waals surface area contributed by atoms with Crippen LogP contribution in [0.15, 0.2) is 30.6 Å². The lowest BCUT2D eigenvalue weighted by Gasteiger charge is -2.29. The van der Waals surface area contributed by atoms with Gasteiger partial charge in [0.25, 0.3) is 0 Å². The van der Waals surface area contributed by atoms with Gasteiger partial charge in [0, 0.05) is 29.3 Å². The summed E-state index contributed by atoms with van der Waals surface area (Å²) in [5.74, 6) is 1.23. The molecule has 2 atom stereocenters. The van der Waals surface area contributed by atoms with E-state index in [4.69, 9.17) is 27.3 Å². The van der Waals surface area contributed by atoms with Gasteiger partial charge in [0.1, 0.15) is 0 Å². The van der Waals surface area contributed by atoms with Gasteiger partial charge in [-0.3, -0.25) is 0 Å². The van der Waals surface area contributed by atoms with Crippen molar-refractivity contribution in [1.82, 2.24) is 19.5 Å². The lowest BCUT2D eigenvalue weighted by atomic mass is 9.91. The Morgan fingerprint density at radius 2 is 2.11 bits per heavy atom. The predicted molar refractivity (Wildman–Crippen MR) is 110 cm³/mol. The molecule has 1 aliphatic rings. The Hall–Kier alpha value is -2.38. The minimum atomic E-state index is 0.124. The highest BCUT2D eigenvalue weighted by Gasteiger charge is 2.23. The summed E-state index contributed by atoms with van der Waals surface area (Å²) in [4.78, 5) is 13.9. The van der Waals surface area contributed by atoms with Gasteiger partial charge in [0.15, 0.2) is 17.0 Å². The van der Waals surface area contributed by atoms with Crippen molar-refractivity contribution in [3.63, 3.8) is 0 Å². The Labute approximate surface area is 163 Å². The third-order valence-corrected chi connectivity index (χ3v) is 5.26. The van der Waals surface area contributed by atoms with Crippen LogP contribution in [0.4, 0.5) is 17.5 Å². The topological polar surface area (TPSA) is 93.7 Å². The van der Waals surface area contributed by atoms with Gasteiger partial charge in [0.2, 0.25) is 5.95 Å². The van der Waals surface area contributed by atoms with Crippen LogP contribution in [0, 0.1) is 0 Å². The van der Waals surface area contributed by atoms with Gasteiger partial charge < -0.3 is 20.9 Å². The third-order valence-electron chi connectivity index (χ3n) is 5.03. The van der Waals surface area contributed by atoms with Gasteiger partial charge in [-0.25, -0.2) is 4.98 Å². The summed E-state index contributed by atoms with van der Waals surface area (Å²) in [7, 11) is 0. The van der Waals surface area contributed by atoms with E-state index in [1.54, 1.807) is 6.33 Å². The molecular weight excluding hydrogens is 362 g/mol. The summed E-state index contributed by atoms with van der Waals surface area (Å²) >= 11 is 6.11. The smallest absolute Gasteiger partial charge is 0.227 e. The zero-order valence-electron chi connectivity index (χ0n) is 15.3. The second-order valence-electron chi connectivity index (χ2n) is 6.93. The normalized spacial score (nSPS) is 20.0. The number of anilines is 3. The van der Waals surface area contributed by atoms with Gasteiger partial charge in [-0.05, 0) is 38.0 Å². The molecule has 2 heterocycles. The van der Waals surface area contributed by atoms with Crippen molar-refractivity contribution in [3.05, 3.63) is 35.6 Å². The molecule has 0 radical (unpaired) electrons. The van der Waals surface area contributed by atoms with Crippen LogP contribution in [0.3, 0.4) is 0 Å². The number of nitrogens with one attached hydrogen (secondary N) is 2. The average molecular weight is 386 g/mol. The van der Waals surface area contributed by atoms with Crippen molar-refractivity contribution < 1.29 is 0 Å². The number of aryl methyl sites for hydroxylation is 1. The molecule has 4 N–H and O–H groups in total. The number of nitrogens with zero attached hydrogens (tertiary/aromatic N) is 4. The van der Waals surface area contributed by atoms with Crippen LogP contribution < -0.4 is 16.4 Å². The van der Waals surface area contributed by atoms with Crippen molar-refractivity contribution in [1.29, 1.82) is 0 Å². The molecule has 1 aliphatic carbocycles. The maximum atomic E-state index is 6.29. The number of rotatable bonds is 5. The fourth-order valence-electron chi connectivity index (χ4n) is 3.53. The van der Waals surface area contributed by atoms with Crippen LogP contribution in [0.1, 0.15) is 32.6 Å². The minimum Gasteiger partial charge on any atom is -0.350 e. The van der Waals surface area contributed by atoms with E-state index in [0.717, 1.165) is 36.2 Å². The number of hydrogen-bond acceptors (Lipinski definition) is 6. The van der Waals surface area contributed by atoms with Gasteiger partial charge in [-0.15, -0.1) is 0 Å². The molecule has 0 amide bonds. The Bertz CT molecular complexity index is 939. The first-order valence-corrected chi connectivity index (χ1v) is 9.79. The summed E-state index contributed by atoms with van der Waals surface area (Å²) < 4.78 is 2.01. The molecule has 0 unspecified atom stereocenters. The lowest BCUT2D eigenvalue weighted by molar-refractivity contribution is 0.402. The second kappa shape index (κ2) is 7.70. The molecule has 8 heteroatoms. The maximum absolute atomic E-state index is 6.29. The molecule has 142 valence electrons. The summed E-state index contributed by atoms with van der Waals surface area (Å²) in [5.41, 5.74) is 8.67. The van der Waals surface area contributed by atoms with Crippen molar-refractivity contribution in [3.8, 4) is 0 Å². The largest absolute Gasteiger partial charge is 0.350 e. The molecular formula is C19H24ClN7. The van der Waals surface area contributed by atoms with Gasteiger partial charge >= 0.3 is 0 Å². The minimum absolute atomic E-state index is 0.124. The molecule has 7 nitrogen and oxygen atoms in total. The fraction of sp³-hybridized carbons (Fsp3) is 0.421. The summed E-state index contributed by atoms with van der Waals surface area (Å²) in [5, 5.41) is 7.44. The number of aromatic nitrogens is 4. The zero-order valence-corrected chi connectivity index (χ0v) is 16.1. The number of nitrogens with two attached hydrogens (primary N) is 1. The number of hydrogen-bond donors (Lipinski definition) is 3. The van der Waals surface area contributed by atoms with Crippen LogP contribution in [0.25, 0.3) is 11.2 Å². The highest BCUT2D eigenvalue weighted by atomic mass is 35.5. The number of imidazole rings is 1. The van der Waals surface area contributed by atoms with E-state index in [0.29, 0.717) is 16.8 Å². The lowest BCUT2D eigenvalue weighted by Crippen LogP contribution is -2.43. The number of fused-ring (bicyclic) bond motifs is 1. The summed E-state index contributed by atoms with van der Waals surface area (Å²) in [6.07, 6.45) is 6.21. The van der Waals surface area contributed by atoms with Crippen molar-refractivity contribution in [2.24, 2.45) is 5.73 Å². The van der Waals surface area contributed by atoms with Gasteiger partial charge in [0.05, 0.1) is 6.33 Å². The highest BCUT2D eigenvalue weighted by molar-refractivity contribution is 6.30. The molecule has 1 fully saturated rings. The number of halogens is 1. The first kappa shape index (κ1) is 18.0. The van der Waals surface area contributed by atoms with Gasteiger partial charge in [-0.2, -0.15) is 9.97 Å². The van der Waals surface area contributed by atoms with Crippen LogP contribution >= 0.6 is 11.6 Å². The van der Waals surface area contributed by atoms with E-state index in [-0.39, 0.29) is 12.1 Å². The van der Waals surface area contributed by atoms with Crippen LogP contribution in [0.2, 0.25) is 5.02 Å². The van der Waals surface area contributed by atoms with E-state index in [9.17, 15) is 0 Å². The molecule has 27 heavy (non-hydrogen) atoms. The SMILES string of the molecule is CCn1cnc2c(Nc3cccc(Cl)c3)nc(N[C@H]3CCCC[C@H]3N)nc21. The first-order valence-electron chi connectivity index (χ1n) is 9.41. The molecule has 1 saturated carbocycles. The molecule has 2 aromatic heterocycles. The molecule has 3 aromatic rings. The van der Waals surface area contributed by atoms with Crippen LogP contribution in [0.5, 0.6) is 0 Å². The Kier molecular flexibility index (Phi) is 5.13. The summed E-state index contributed by atoms with van der Waals surface area (Å²) in [6, 6.07) is 7.85. The van der Waals surface area contributed by atoms with Crippen LogP contribution in [-0.4, -0.2) is 31.6 Å². The van der Waals surface area contributed by atoms with Crippen molar-refractivity contribution in [2.45, 2.75) is 51.2 Å². The molecule has 1 aromatic carbocycles. The quantitative estimate of drug-likeness (QED) is 0.616. The Morgan fingerprint density at radius 3 is 2.89 bits per heavy atom. The van der Waals surface area contributed by atoms with E-state index in [1.165, 1.54) is 12.8 Å².